The SMILES string of the molecule is Cc1nc(Cl)nc(NC2CCCC2)c1N. The van der Waals surface area contributed by atoms with E-state index in [1.54, 1.807) is 0 Å². The summed E-state index contributed by atoms with van der Waals surface area (Å²) in [5.41, 5.74) is 7.22. The van der Waals surface area contributed by atoms with E-state index in [-0.39, 0.29) is 5.28 Å². The summed E-state index contributed by atoms with van der Waals surface area (Å²) in [7, 11) is 0. The van der Waals surface area contributed by atoms with Gasteiger partial charge in [0.1, 0.15) is 0 Å². The molecule has 2 rings (SSSR count). The molecule has 1 aromatic heterocycles. The van der Waals surface area contributed by atoms with E-state index in [0.717, 1.165) is 5.69 Å². The monoisotopic (exact) mass is 226 g/mol. The third kappa shape index (κ3) is 2.31. The summed E-state index contributed by atoms with van der Waals surface area (Å²) in [5.74, 6) is 0.680. The molecule has 1 fully saturated rings. The molecular weight excluding hydrogens is 212 g/mol. The lowest BCUT2D eigenvalue weighted by atomic mass is 10.2. The second kappa shape index (κ2) is 4.23. The van der Waals surface area contributed by atoms with E-state index in [1.807, 2.05) is 6.92 Å². The minimum atomic E-state index is 0.252. The summed E-state index contributed by atoms with van der Waals surface area (Å²) in [5, 5.41) is 3.58. The van der Waals surface area contributed by atoms with Crippen molar-refractivity contribution in [1.82, 2.24) is 9.97 Å². The number of halogens is 1. The highest BCUT2D eigenvalue weighted by molar-refractivity contribution is 6.28. The maximum atomic E-state index is 5.88. The quantitative estimate of drug-likeness (QED) is 0.760. The normalized spacial score (nSPS) is 16.9. The van der Waals surface area contributed by atoms with Crippen LogP contribution in [-0.2, 0) is 0 Å². The molecule has 15 heavy (non-hydrogen) atoms. The Morgan fingerprint density at radius 3 is 2.67 bits per heavy atom. The number of nitrogens with zero attached hydrogens (tertiary/aromatic N) is 2. The Hall–Kier alpha value is -1.03. The van der Waals surface area contributed by atoms with Crippen molar-refractivity contribution in [3.05, 3.63) is 11.0 Å². The van der Waals surface area contributed by atoms with Gasteiger partial charge in [-0.15, -0.1) is 0 Å². The zero-order chi connectivity index (χ0) is 10.8. The lowest BCUT2D eigenvalue weighted by Gasteiger charge is -2.15. The third-order valence-electron chi connectivity index (χ3n) is 2.80. The molecule has 82 valence electrons. The van der Waals surface area contributed by atoms with E-state index in [4.69, 9.17) is 17.3 Å². The summed E-state index contributed by atoms with van der Waals surface area (Å²) >= 11 is 5.79. The Balaban J connectivity index is 2.19. The highest BCUT2D eigenvalue weighted by atomic mass is 35.5. The Bertz CT molecular complexity index is 361. The molecule has 0 amide bonds. The molecule has 0 spiro atoms. The largest absolute Gasteiger partial charge is 0.394 e. The number of aromatic nitrogens is 2. The van der Waals surface area contributed by atoms with Gasteiger partial charge in [0.05, 0.1) is 11.4 Å². The number of hydrogen-bond donors (Lipinski definition) is 2. The second-order valence-corrected chi connectivity index (χ2v) is 4.30. The Morgan fingerprint density at radius 2 is 2.00 bits per heavy atom. The van der Waals surface area contributed by atoms with Gasteiger partial charge < -0.3 is 11.1 Å². The smallest absolute Gasteiger partial charge is 0.224 e. The second-order valence-electron chi connectivity index (χ2n) is 3.97. The van der Waals surface area contributed by atoms with E-state index in [1.165, 1.54) is 25.7 Å². The minimum absolute atomic E-state index is 0.252. The first-order valence-corrected chi connectivity index (χ1v) is 5.61. The van der Waals surface area contributed by atoms with Crippen LogP contribution in [0.2, 0.25) is 5.28 Å². The minimum Gasteiger partial charge on any atom is -0.394 e. The summed E-state index contributed by atoms with van der Waals surface area (Å²) in [6.07, 6.45) is 4.91. The fourth-order valence-electron chi connectivity index (χ4n) is 1.92. The molecule has 3 N–H and O–H groups in total. The van der Waals surface area contributed by atoms with Crippen LogP contribution in [0, 0.1) is 6.92 Å². The van der Waals surface area contributed by atoms with Crippen molar-refractivity contribution in [2.24, 2.45) is 0 Å². The van der Waals surface area contributed by atoms with Crippen LogP contribution in [0.3, 0.4) is 0 Å². The molecular formula is C10H15ClN4. The van der Waals surface area contributed by atoms with Gasteiger partial charge in [-0.3, -0.25) is 0 Å². The van der Waals surface area contributed by atoms with Crippen molar-refractivity contribution in [3.8, 4) is 0 Å². The molecule has 0 bridgehead atoms. The number of nitrogens with one attached hydrogen (secondary N) is 1. The van der Waals surface area contributed by atoms with Crippen molar-refractivity contribution in [2.45, 2.75) is 38.6 Å². The van der Waals surface area contributed by atoms with Crippen LogP contribution in [-0.4, -0.2) is 16.0 Å². The van der Waals surface area contributed by atoms with Crippen molar-refractivity contribution in [3.63, 3.8) is 0 Å². The first-order valence-electron chi connectivity index (χ1n) is 5.23. The van der Waals surface area contributed by atoms with Crippen LogP contribution in [0.4, 0.5) is 11.5 Å². The number of nitrogens with two attached hydrogens (primary N) is 1. The maximum absolute atomic E-state index is 5.88. The molecule has 4 nitrogen and oxygen atoms in total. The van der Waals surface area contributed by atoms with E-state index in [0.29, 0.717) is 17.5 Å². The fraction of sp³-hybridized carbons (Fsp3) is 0.600. The number of aryl methyl sites for hydroxylation is 1. The van der Waals surface area contributed by atoms with Crippen LogP contribution < -0.4 is 11.1 Å². The van der Waals surface area contributed by atoms with E-state index >= 15 is 0 Å². The molecule has 5 heteroatoms. The zero-order valence-corrected chi connectivity index (χ0v) is 9.51. The average Bonchev–Trinajstić information content (AvgIpc) is 2.66. The molecule has 0 unspecified atom stereocenters. The molecule has 0 aliphatic heterocycles. The molecule has 0 atom stereocenters. The number of hydrogen-bond acceptors (Lipinski definition) is 4. The van der Waals surface area contributed by atoms with Gasteiger partial charge in [-0.25, -0.2) is 4.98 Å². The van der Waals surface area contributed by atoms with Crippen LogP contribution in [0.5, 0.6) is 0 Å². The molecule has 1 aliphatic carbocycles. The van der Waals surface area contributed by atoms with E-state index in [9.17, 15) is 0 Å². The van der Waals surface area contributed by atoms with Crippen LogP contribution in [0.1, 0.15) is 31.4 Å². The van der Waals surface area contributed by atoms with Gasteiger partial charge in [0.15, 0.2) is 5.82 Å². The van der Waals surface area contributed by atoms with Crippen molar-refractivity contribution in [2.75, 3.05) is 11.1 Å². The van der Waals surface area contributed by atoms with Gasteiger partial charge in [-0.2, -0.15) is 4.98 Å². The summed E-state index contributed by atoms with van der Waals surface area (Å²) in [6, 6.07) is 0.484. The highest BCUT2D eigenvalue weighted by Crippen LogP contribution is 2.26. The molecule has 1 aliphatic rings. The fourth-order valence-corrected chi connectivity index (χ4v) is 2.13. The molecule has 0 saturated heterocycles. The number of anilines is 2. The van der Waals surface area contributed by atoms with Crippen molar-refractivity contribution >= 4 is 23.1 Å². The first-order chi connectivity index (χ1) is 7.16. The lowest BCUT2D eigenvalue weighted by Crippen LogP contribution is -2.17. The molecule has 1 saturated carbocycles. The molecule has 1 heterocycles. The molecule has 1 aromatic rings. The number of rotatable bonds is 2. The first kappa shape index (κ1) is 10.5. The van der Waals surface area contributed by atoms with Gasteiger partial charge in [-0.05, 0) is 31.4 Å². The van der Waals surface area contributed by atoms with Crippen LogP contribution in [0.25, 0.3) is 0 Å². The van der Waals surface area contributed by atoms with Crippen molar-refractivity contribution in [1.29, 1.82) is 0 Å². The Morgan fingerprint density at radius 1 is 1.33 bits per heavy atom. The number of nitrogen functional groups attached to an aromatic ring is 1. The van der Waals surface area contributed by atoms with Gasteiger partial charge in [-0.1, -0.05) is 12.8 Å². The summed E-state index contributed by atoms with van der Waals surface area (Å²) in [4.78, 5) is 8.11. The van der Waals surface area contributed by atoms with Crippen molar-refractivity contribution < 1.29 is 0 Å². The molecule has 0 radical (unpaired) electrons. The third-order valence-corrected chi connectivity index (χ3v) is 2.97. The predicted molar refractivity (Wildman–Crippen MR) is 62.1 cm³/mol. The topological polar surface area (TPSA) is 63.8 Å². The summed E-state index contributed by atoms with van der Waals surface area (Å²) < 4.78 is 0. The standard InChI is InChI=1S/C10H15ClN4/c1-6-8(12)9(15-10(11)13-6)14-7-4-2-3-5-7/h7H,2-5,12H2,1H3,(H,13,14,15). The van der Waals surface area contributed by atoms with Crippen LogP contribution in [0.15, 0.2) is 0 Å². The maximum Gasteiger partial charge on any atom is 0.224 e. The van der Waals surface area contributed by atoms with Gasteiger partial charge in [0.25, 0.3) is 0 Å². The van der Waals surface area contributed by atoms with E-state index in [2.05, 4.69) is 15.3 Å². The van der Waals surface area contributed by atoms with Gasteiger partial charge in [0, 0.05) is 6.04 Å². The highest BCUT2D eigenvalue weighted by Gasteiger charge is 2.17. The molecule has 0 aromatic carbocycles. The Labute approximate surface area is 94.2 Å². The van der Waals surface area contributed by atoms with E-state index < -0.39 is 0 Å². The predicted octanol–water partition coefficient (Wildman–Crippen LogP) is 2.38. The van der Waals surface area contributed by atoms with Gasteiger partial charge in [0.2, 0.25) is 5.28 Å². The zero-order valence-electron chi connectivity index (χ0n) is 8.76. The summed E-state index contributed by atoms with van der Waals surface area (Å²) in [6.45, 7) is 1.84. The van der Waals surface area contributed by atoms with Crippen LogP contribution >= 0.6 is 11.6 Å². The van der Waals surface area contributed by atoms with Gasteiger partial charge >= 0.3 is 0 Å². The average molecular weight is 227 g/mol. The lowest BCUT2D eigenvalue weighted by molar-refractivity contribution is 0.750. The Kier molecular flexibility index (Phi) is 2.95.